The number of fused-ring (bicyclic) bond motifs is 5. The summed E-state index contributed by atoms with van der Waals surface area (Å²) < 4.78 is 7.57. The third-order valence-electron chi connectivity index (χ3n) is 7.22. The molecular weight excluding hydrogens is 534 g/mol. The third-order valence-corrected chi connectivity index (χ3v) is 7.22. The number of nitrogens with one attached hydrogen (secondary N) is 1. The van der Waals surface area contributed by atoms with Crippen molar-refractivity contribution >= 4 is 11.8 Å². The molecule has 0 fully saturated rings. The Kier molecular flexibility index (Phi) is 7.17. The van der Waals surface area contributed by atoms with E-state index in [9.17, 15) is 9.90 Å². The first-order valence-corrected chi connectivity index (χ1v) is 13.6. The van der Waals surface area contributed by atoms with Crippen molar-refractivity contribution in [2.75, 3.05) is 19.4 Å². The van der Waals surface area contributed by atoms with Crippen LogP contribution in [-0.4, -0.2) is 65.6 Å². The van der Waals surface area contributed by atoms with E-state index in [4.69, 9.17) is 4.74 Å². The second kappa shape index (κ2) is 11.2. The molecule has 6 rings (SSSR count). The fraction of sp³-hybridized carbons (Fsp3) is 0.233. The number of aromatic nitrogens is 7. The molecule has 12 nitrogen and oxygen atoms in total. The van der Waals surface area contributed by atoms with Crippen LogP contribution in [0.5, 0.6) is 11.5 Å². The van der Waals surface area contributed by atoms with Gasteiger partial charge >= 0.3 is 6.09 Å². The van der Waals surface area contributed by atoms with Crippen LogP contribution in [0, 0.1) is 0 Å². The number of amides is 1. The minimum absolute atomic E-state index is 0.0759. The molecule has 0 radical (unpaired) electrons. The van der Waals surface area contributed by atoms with E-state index in [0.717, 1.165) is 44.9 Å². The van der Waals surface area contributed by atoms with Gasteiger partial charge < -0.3 is 20.1 Å². The van der Waals surface area contributed by atoms with E-state index in [2.05, 4.69) is 36.0 Å². The molecule has 1 aliphatic carbocycles. The summed E-state index contributed by atoms with van der Waals surface area (Å²) in [6, 6.07) is 18.5. The van der Waals surface area contributed by atoms with Gasteiger partial charge in [-0.3, -0.25) is 0 Å². The number of phenolic OH excluding ortho intramolecular Hbond substituents is 1. The molecule has 0 saturated carbocycles. The topological polar surface area (TPSA) is 144 Å². The highest BCUT2D eigenvalue weighted by molar-refractivity contribution is 5.83. The molecule has 2 aromatic heterocycles. The van der Waals surface area contributed by atoms with Gasteiger partial charge in [0.05, 0.1) is 12.2 Å². The van der Waals surface area contributed by atoms with Crippen molar-refractivity contribution in [3.63, 3.8) is 0 Å². The normalized spacial score (nSPS) is 11.9. The number of rotatable bonds is 6. The Morgan fingerprint density at radius 3 is 2.38 bits per heavy atom. The van der Waals surface area contributed by atoms with E-state index in [1.165, 1.54) is 4.90 Å². The molecule has 0 spiro atoms. The molecule has 5 aromatic rings. The van der Waals surface area contributed by atoms with Crippen molar-refractivity contribution in [2.45, 2.75) is 32.9 Å². The lowest BCUT2D eigenvalue weighted by atomic mass is 9.89. The summed E-state index contributed by atoms with van der Waals surface area (Å²) in [6.07, 6.45) is 0.791. The van der Waals surface area contributed by atoms with Crippen molar-refractivity contribution in [3.05, 3.63) is 77.6 Å². The number of benzene rings is 3. The van der Waals surface area contributed by atoms with Gasteiger partial charge in [-0.1, -0.05) is 5.21 Å². The summed E-state index contributed by atoms with van der Waals surface area (Å²) in [7, 11) is 3.45. The summed E-state index contributed by atoms with van der Waals surface area (Å²) in [6.45, 7) is 2.75. The second-order valence-electron chi connectivity index (χ2n) is 9.95. The van der Waals surface area contributed by atoms with Gasteiger partial charge in [0.1, 0.15) is 17.2 Å². The van der Waals surface area contributed by atoms with Crippen molar-refractivity contribution in [3.8, 4) is 45.4 Å². The quantitative estimate of drug-likeness (QED) is 0.306. The van der Waals surface area contributed by atoms with Gasteiger partial charge in [-0.25, -0.2) is 9.48 Å². The molecule has 0 aliphatic heterocycles. The molecule has 2 N–H and O–H groups in total. The van der Waals surface area contributed by atoms with E-state index in [1.807, 2.05) is 61.1 Å². The monoisotopic (exact) mass is 563 g/mol. The number of hydrogen-bond donors (Lipinski definition) is 2. The summed E-state index contributed by atoms with van der Waals surface area (Å²) >= 11 is 0. The molecule has 42 heavy (non-hydrogen) atoms. The maximum absolute atomic E-state index is 12.9. The van der Waals surface area contributed by atoms with Crippen molar-refractivity contribution in [2.24, 2.45) is 0 Å². The first kappa shape index (κ1) is 26.8. The van der Waals surface area contributed by atoms with Crippen LogP contribution in [0.3, 0.4) is 0 Å². The third kappa shape index (κ3) is 5.21. The van der Waals surface area contributed by atoms with Crippen molar-refractivity contribution in [1.82, 2.24) is 40.3 Å². The molecule has 0 bridgehead atoms. The van der Waals surface area contributed by atoms with Crippen LogP contribution < -0.4 is 10.1 Å². The summed E-state index contributed by atoms with van der Waals surface area (Å²) in [4.78, 5) is 14.3. The average molecular weight is 564 g/mol. The summed E-state index contributed by atoms with van der Waals surface area (Å²) in [5.41, 5.74) is 7.33. The average Bonchev–Trinajstić information content (AvgIpc) is 3.43. The van der Waals surface area contributed by atoms with E-state index < -0.39 is 6.09 Å². The van der Waals surface area contributed by atoms with Crippen LogP contribution >= 0.6 is 0 Å². The summed E-state index contributed by atoms with van der Waals surface area (Å²) in [5, 5.41) is 38.7. The minimum atomic E-state index is -0.566. The molecule has 0 unspecified atom stereocenters. The van der Waals surface area contributed by atoms with E-state index in [-0.39, 0.29) is 18.1 Å². The number of carbonyl (C=O) groups is 1. The smallest absolute Gasteiger partial charge is 0.415 e. The number of ether oxygens (including phenoxy) is 1. The van der Waals surface area contributed by atoms with Crippen LogP contribution in [0.4, 0.5) is 10.5 Å². The van der Waals surface area contributed by atoms with Crippen LogP contribution in [0.1, 0.15) is 23.9 Å². The van der Waals surface area contributed by atoms with Gasteiger partial charge in [0.15, 0.2) is 5.82 Å². The number of aryl methyl sites for hydroxylation is 3. The Balaban J connectivity index is 1.18. The molecular formula is C30H29N9O3. The van der Waals surface area contributed by atoms with Crippen LogP contribution in [0.25, 0.3) is 33.9 Å². The molecule has 3 aromatic carbocycles. The maximum atomic E-state index is 12.9. The Morgan fingerprint density at radius 2 is 1.67 bits per heavy atom. The zero-order chi connectivity index (χ0) is 29.2. The number of carbonyl (C=O) groups excluding carboxylic acids is 1. The molecule has 12 heteroatoms. The van der Waals surface area contributed by atoms with Gasteiger partial charge in [-0.2, -0.15) is 0 Å². The molecule has 1 aliphatic rings. The standard InChI is InChI=1S/C30H29N9O3/c1-4-39-28-25-13-11-22(40)15-19(25)5-6-20-16-23(12-14-24(20)27(28)34-37-39)42-30(41)38(3)17-26-32-35-29(36-33-26)18-7-9-21(31-2)10-8-18/h7-16,31,40H,4-6,17H2,1-3H3. The van der Waals surface area contributed by atoms with E-state index in [0.29, 0.717) is 31.0 Å². The SMILES string of the molecule is CCn1nnc2c1-c1ccc(O)cc1CCc1cc(OC(=O)N(C)Cc3nnc(-c4ccc(NC)cc4)nn3)ccc1-2. The zero-order valence-electron chi connectivity index (χ0n) is 23.4. The van der Waals surface area contributed by atoms with E-state index in [1.54, 1.807) is 25.2 Å². The first-order valence-electron chi connectivity index (χ1n) is 13.6. The fourth-order valence-corrected chi connectivity index (χ4v) is 5.01. The lowest BCUT2D eigenvalue weighted by Crippen LogP contribution is -2.30. The van der Waals surface area contributed by atoms with Gasteiger partial charge in [0.25, 0.3) is 0 Å². The van der Waals surface area contributed by atoms with Crippen LogP contribution in [0.15, 0.2) is 60.7 Å². The number of phenols is 1. The number of anilines is 1. The van der Waals surface area contributed by atoms with Crippen molar-refractivity contribution < 1.29 is 14.6 Å². The lowest BCUT2D eigenvalue weighted by Gasteiger charge is -2.19. The van der Waals surface area contributed by atoms with Gasteiger partial charge in [-0.15, -0.1) is 25.5 Å². The lowest BCUT2D eigenvalue weighted by molar-refractivity contribution is 0.159. The number of nitrogens with zero attached hydrogens (tertiary/aromatic N) is 8. The second-order valence-corrected chi connectivity index (χ2v) is 9.95. The number of hydrogen-bond acceptors (Lipinski definition) is 10. The zero-order valence-corrected chi connectivity index (χ0v) is 23.4. The summed E-state index contributed by atoms with van der Waals surface area (Å²) in [5.74, 6) is 1.30. The first-order chi connectivity index (χ1) is 20.4. The van der Waals surface area contributed by atoms with Gasteiger partial charge in [-0.05, 0) is 91.6 Å². The van der Waals surface area contributed by atoms with Crippen LogP contribution in [-0.2, 0) is 25.9 Å². The molecule has 0 saturated heterocycles. The number of aromatic hydroxyl groups is 1. The Morgan fingerprint density at radius 1 is 0.952 bits per heavy atom. The highest BCUT2D eigenvalue weighted by Gasteiger charge is 2.24. The Bertz CT molecular complexity index is 1750. The van der Waals surface area contributed by atoms with E-state index >= 15 is 0 Å². The molecule has 2 heterocycles. The maximum Gasteiger partial charge on any atom is 0.415 e. The highest BCUT2D eigenvalue weighted by Crippen LogP contribution is 2.39. The van der Waals surface area contributed by atoms with Gasteiger partial charge in [0.2, 0.25) is 5.82 Å². The fourth-order valence-electron chi connectivity index (χ4n) is 5.01. The van der Waals surface area contributed by atoms with Gasteiger partial charge in [0, 0.05) is 43.0 Å². The molecule has 1 amide bonds. The Labute approximate surface area is 242 Å². The molecule has 0 atom stereocenters. The minimum Gasteiger partial charge on any atom is -0.508 e. The predicted octanol–water partition coefficient (Wildman–Crippen LogP) is 4.36. The Hall–Kier alpha value is -5.39. The van der Waals surface area contributed by atoms with Crippen molar-refractivity contribution in [1.29, 1.82) is 0 Å². The van der Waals surface area contributed by atoms with Crippen LogP contribution in [0.2, 0.25) is 0 Å². The highest BCUT2D eigenvalue weighted by atomic mass is 16.6. The predicted molar refractivity (Wildman–Crippen MR) is 156 cm³/mol. The largest absolute Gasteiger partial charge is 0.508 e. The molecule has 212 valence electrons.